The van der Waals surface area contributed by atoms with Gasteiger partial charge in [-0.1, -0.05) is 0 Å². The maximum absolute atomic E-state index is 8.25. The summed E-state index contributed by atoms with van der Waals surface area (Å²) in [5.74, 6) is 0. The predicted octanol–water partition coefficient (Wildman–Crippen LogP) is -0.358. The molecule has 0 saturated heterocycles. The molecule has 1 heterocycles. The van der Waals surface area contributed by atoms with Gasteiger partial charge in [-0.2, -0.15) is 0 Å². The molecule has 0 aromatic carbocycles. The molecule has 40 valence electrons. The molecule has 1 rings (SSSR count). The van der Waals surface area contributed by atoms with E-state index in [4.69, 9.17) is 5.26 Å². The van der Waals surface area contributed by atoms with E-state index in [0.29, 0.717) is 0 Å². The zero-order chi connectivity index (χ0) is 5.98. The number of hydrogen-bond acceptors (Lipinski definition) is 1. The maximum Gasteiger partial charge on any atom is 0.296 e. The van der Waals surface area contributed by atoms with Crippen LogP contribution < -0.4 is 4.57 Å². The molecule has 0 aliphatic heterocycles. The first-order valence-corrected chi connectivity index (χ1v) is 2.26. The molecule has 0 aliphatic carbocycles. The Morgan fingerprint density at radius 3 is 2.75 bits per heavy atom. The highest BCUT2D eigenvalue weighted by molar-refractivity contribution is 4.80. The van der Waals surface area contributed by atoms with E-state index in [0.717, 1.165) is 0 Å². The monoisotopic (exact) mass is 108 g/mol. The summed E-state index contributed by atoms with van der Waals surface area (Å²) >= 11 is 0. The third kappa shape index (κ3) is 0.684. The van der Waals surface area contributed by atoms with Gasteiger partial charge in [0, 0.05) is 0 Å². The van der Waals surface area contributed by atoms with Crippen LogP contribution in [0.25, 0.3) is 0 Å². The lowest BCUT2D eigenvalue weighted by atomic mass is 10.9. The summed E-state index contributed by atoms with van der Waals surface area (Å²) in [5, 5.41) is 8.25. The van der Waals surface area contributed by atoms with Gasteiger partial charge in [-0.15, -0.1) is 9.83 Å². The number of imidazole rings is 1. The van der Waals surface area contributed by atoms with Gasteiger partial charge in [0.25, 0.3) is 12.5 Å². The molecule has 8 heavy (non-hydrogen) atoms. The Hall–Kier alpha value is -1.30. The Labute approximate surface area is 47.4 Å². The molecular weight excluding hydrogens is 102 g/mol. The summed E-state index contributed by atoms with van der Waals surface area (Å²) in [6, 6.07) is 0. The van der Waals surface area contributed by atoms with E-state index < -0.39 is 0 Å². The van der Waals surface area contributed by atoms with Crippen molar-refractivity contribution in [1.29, 1.82) is 5.26 Å². The van der Waals surface area contributed by atoms with Crippen molar-refractivity contribution in [3.63, 3.8) is 0 Å². The van der Waals surface area contributed by atoms with Crippen molar-refractivity contribution in [3.8, 4) is 6.19 Å². The first kappa shape index (κ1) is 4.85. The first-order valence-electron chi connectivity index (χ1n) is 2.26. The van der Waals surface area contributed by atoms with Crippen molar-refractivity contribution in [1.82, 2.24) is 4.57 Å². The van der Waals surface area contributed by atoms with Gasteiger partial charge >= 0.3 is 0 Å². The third-order valence-electron chi connectivity index (χ3n) is 0.884. The Balaban J connectivity index is 3.05. The van der Waals surface area contributed by atoms with Crippen molar-refractivity contribution in [2.75, 3.05) is 0 Å². The zero-order valence-electron chi connectivity index (χ0n) is 4.57. The van der Waals surface area contributed by atoms with Crippen LogP contribution in [-0.2, 0) is 7.05 Å². The van der Waals surface area contributed by atoms with E-state index in [1.54, 1.807) is 12.5 Å². The van der Waals surface area contributed by atoms with Crippen molar-refractivity contribution in [2.24, 2.45) is 7.05 Å². The fourth-order valence-corrected chi connectivity index (χ4v) is 0.509. The molecule has 0 bridgehead atoms. The lowest BCUT2D eigenvalue weighted by Crippen LogP contribution is -2.23. The average molecular weight is 108 g/mol. The SMILES string of the molecule is C[n+]1ccn(C#N)c1. The molecule has 3 nitrogen and oxygen atoms in total. The zero-order valence-corrected chi connectivity index (χ0v) is 4.57. The standard InChI is InChI=1S/C5H6N3/c1-7-2-3-8(4-6)5-7/h2-3,5H,1H3/q+1. The molecule has 3 heteroatoms. The Bertz CT molecular complexity index is 218. The lowest BCUT2D eigenvalue weighted by molar-refractivity contribution is -0.670. The first-order chi connectivity index (χ1) is 3.83. The van der Waals surface area contributed by atoms with Crippen molar-refractivity contribution in [2.45, 2.75) is 0 Å². The Morgan fingerprint density at radius 2 is 2.50 bits per heavy atom. The van der Waals surface area contributed by atoms with Gasteiger partial charge in [0.05, 0.1) is 7.05 Å². The van der Waals surface area contributed by atoms with Crippen LogP contribution in [0, 0.1) is 11.5 Å². The van der Waals surface area contributed by atoms with Gasteiger partial charge in [-0.3, -0.25) is 0 Å². The summed E-state index contributed by atoms with van der Waals surface area (Å²) in [5.41, 5.74) is 0. The summed E-state index contributed by atoms with van der Waals surface area (Å²) in [6.07, 6.45) is 7.14. The molecule has 0 saturated carbocycles. The Morgan fingerprint density at radius 1 is 1.75 bits per heavy atom. The van der Waals surface area contributed by atoms with Crippen molar-refractivity contribution in [3.05, 3.63) is 18.7 Å². The normalized spacial score (nSPS) is 8.50. The van der Waals surface area contributed by atoms with Crippen LogP contribution in [0.4, 0.5) is 0 Å². The highest BCUT2D eigenvalue weighted by atomic mass is 15.1. The molecule has 0 fully saturated rings. The number of nitriles is 1. The van der Waals surface area contributed by atoms with E-state index in [2.05, 4.69) is 0 Å². The van der Waals surface area contributed by atoms with E-state index in [1.165, 1.54) is 4.57 Å². The van der Waals surface area contributed by atoms with Crippen LogP contribution in [0.3, 0.4) is 0 Å². The summed E-state index contributed by atoms with van der Waals surface area (Å²) < 4.78 is 3.24. The summed E-state index contributed by atoms with van der Waals surface area (Å²) in [7, 11) is 1.87. The molecule has 1 aromatic heterocycles. The second kappa shape index (κ2) is 1.66. The van der Waals surface area contributed by atoms with Gasteiger partial charge in [0.2, 0.25) is 0 Å². The number of hydrogen-bond donors (Lipinski definition) is 0. The van der Waals surface area contributed by atoms with Crippen LogP contribution in [0.1, 0.15) is 0 Å². The Kier molecular flexibility index (Phi) is 1.01. The van der Waals surface area contributed by atoms with Crippen LogP contribution >= 0.6 is 0 Å². The van der Waals surface area contributed by atoms with Gasteiger partial charge in [-0.25, -0.2) is 4.57 Å². The number of aryl methyl sites for hydroxylation is 1. The fraction of sp³-hybridized carbons (Fsp3) is 0.200. The smallest absolute Gasteiger partial charge is 0.239 e. The fourth-order valence-electron chi connectivity index (χ4n) is 0.509. The summed E-state index contributed by atoms with van der Waals surface area (Å²) in [4.78, 5) is 0. The highest BCUT2D eigenvalue weighted by Gasteiger charge is 1.93. The largest absolute Gasteiger partial charge is 0.296 e. The number of nitrogens with zero attached hydrogens (tertiary/aromatic N) is 3. The second-order valence-electron chi connectivity index (χ2n) is 1.59. The van der Waals surface area contributed by atoms with Crippen LogP contribution in [-0.4, -0.2) is 4.57 Å². The number of aromatic nitrogens is 2. The van der Waals surface area contributed by atoms with E-state index in [1.807, 2.05) is 24.0 Å². The van der Waals surface area contributed by atoms with Gasteiger partial charge in [0.1, 0.15) is 12.4 Å². The van der Waals surface area contributed by atoms with Crippen LogP contribution in [0.15, 0.2) is 18.7 Å². The van der Waals surface area contributed by atoms with Gasteiger partial charge < -0.3 is 0 Å². The lowest BCUT2D eigenvalue weighted by Gasteiger charge is -1.69. The van der Waals surface area contributed by atoms with Crippen molar-refractivity contribution >= 4 is 0 Å². The van der Waals surface area contributed by atoms with Crippen molar-refractivity contribution < 1.29 is 4.57 Å². The molecule has 0 aliphatic rings. The molecule has 0 radical (unpaired) electrons. The number of rotatable bonds is 0. The molecule has 0 unspecified atom stereocenters. The molecular formula is C5H6N3+. The quantitative estimate of drug-likeness (QED) is 0.418. The minimum atomic E-state index is 1.43. The topological polar surface area (TPSA) is 32.6 Å². The summed E-state index contributed by atoms with van der Waals surface area (Å²) in [6.45, 7) is 0. The highest BCUT2D eigenvalue weighted by Crippen LogP contribution is 1.73. The van der Waals surface area contributed by atoms with Crippen LogP contribution in [0.5, 0.6) is 0 Å². The van der Waals surface area contributed by atoms with E-state index >= 15 is 0 Å². The third-order valence-corrected chi connectivity index (χ3v) is 0.884. The molecule has 0 N–H and O–H groups in total. The van der Waals surface area contributed by atoms with Crippen LogP contribution in [0.2, 0.25) is 0 Å². The average Bonchev–Trinajstić information content (AvgIpc) is 2.14. The minimum absolute atomic E-state index is 1.43. The van der Waals surface area contributed by atoms with E-state index in [-0.39, 0.29) is 0 Å². The molecule has 0 spiro atoms. The van der Waals surface area contributed by atoms with Gasteiger partial charge in [-0.05, 0) is 0 Å². The molecule has 0 amide bonds. The maximum atomic E-state index is 8.25. The predicted molar refractivity (Wildman–Crippen MR) is 26.6 cm³/mol. The molecule has 0 atom stereocenters. The second-order valence-corrected chi connectivity index (χ2v) is 1.59. The molecule has 1 aromatic rings. The van der Waals surface area contributed by atoms with Gasteiger partial charge in [0.15, 0.2) is 0 Å². The minimum Gasteiger partial charge on any atom is -0.239 e. The van der Waals surface area contributed by atoms with E-state index in [9.17, 15) is 0 Å².